The zero-order chi connectivity index (χ0) is 14.9. The minimum Gasteiger partial charge on any atom is -0.390 e. The molecule has 1 fully saturated rings. The van der Waals surface area contributed by atoms with Gasteiger partial charge in [-0.2, -0.15) is 0 Å². The van der Waals surface area contributed by atoms with Gasteiger partial charge in [-0.25, -0.2) is 4.98 Å². The van der Waals surface area contributed by atoms with E-state index in [0.717, 1.165) is 42.3 Å². The molecule has 0 amide bonds. The van der Waals surface area contributed by atoms with Crippen molar-refractivity contribution in [2.45, 2.75) is 57.7 Å². The van der Waals surface area contributed by atoms with E-state index in [1.54, 1.807) is 11.3 Å². The second-order valence-electron chi connectivity index (χ2n) is 6.23. The molecule has 1 unspecified atom stereocenters. The fraction of sp³-hybridized carbons (Fsp3) is 0.688. The molecule has 0 aliphatic heterocycles. The normalized spacial score (nSPS) is 28.0. The minimum atomic E-state index is -0.477. The molecule has 2 aromatic rings. The van der Waals surface area contributed by atoms with Crippen molar-refractivity contribution in [3.8, 4) is 0 Å². The lowest BCUT2D eigenvalue weighted by molar-refractivity contribution is -0.143. The highest BCUT2D eigenvalue weighted by Gasteiger charge is 2.41. The van der Waals surface area contributed by atoms with Gasteiger partial charge in [0.05, 0.1) is 17.4 Å². The summed E-state index contributed by atoms with van der Waals surface area (Å²) in [5, 5.41) is 12.8. The third-order valence-corrected chi connectivity index (χ3v) is 5.48. The topological polar surface area (TPSA) is 46.8 Å². The van der Waals surface area contributed by atoms with E-state index in [4.69, 9.17) is 4.74 Å². The van der Waals surface area contributed by atoms with Crippen LogP contribution in [0.5, 0.6) is 0 Å². The largest absolute Gasteiger partial charge is 0.390 e. The lowest BCUT2D eigenvalue weighted by Gasteiger charge is -2.42. The van der Waals surface area contributed by atoms with Gasteiger partial charge in [0.1, 0.15) is 0 Å². The van der Waals surface area contributed by atoms with Crippen molar-refractivity contribution >= 4 is 16.3 Å². The van der Waals surface area contributed by atoms with Crippen LogP contribution in [0.4, 0.5) is 0 Å². The summed E-state index contributed by atoms with van der Waals surface area (Å²) in [4.78, 5) is 5.57. The maximum atomic E-state index is 10.8. The first-order chi connectivity index (χ1) is 10.1. The summed E-state index contributed by atoms with van der Waals surface area (Å²) in [6.07, 6.45) is 8.28. The lowest BCUT2D eigenvalue weighted by atomic mass is 9.75. The second kappa shape index (κ2) is 6.07. The number of aromatic nitrogens is 2. The average molecular weight is 308 g/mol. The van der Waals surface area contributed by atoms with E-state index < -0.39 is 6.10 Å². The third kappa shape index (κ3) is 3.00. The Morgan fingerprint density at radius 2 is 2.29 bits per heavy atom. The van der Waals surface area contributed by atoms with E-state index in [1.165, 1.54) is 0 Å². The monoisotopic (exact) mass is 308 g/mol. The van der Waals surface area contributed by atoms with Crippen LogP contribution in [0.15, 0.2) is 17.8 Å². The van der Waals surface area contributed by atoms with Crippen molar-refractivity contribution in [1.29, 1.82) is 0 Å². The number of hydrogen-bond acceptors (Lipinski definition) is 4. The van der Waals surface area contributed by atoms with Crippen LogP contribution < -0.4 is 0 Å². The number of hydrogen-bond donors (Lipinski definition) is 1. The van der Waals surface area contributed by atoms with Gasteiger partial charge < -0.3 is 9.84 Å². The Labute approximate surface area is 129 Å². The predicted octanol–water partition coefficient (Wildman–Crippen LogP) is 3.28. The molecule has 1 aliphatic carbocycles. The molecule has 2 aromatic heterocycles. The van der Waals surface area contributed by atoms with Gasteiger partial charge in [-0.1, -0.05) is 6.92 Å². The number of aliphatic hydroxyl groups excluding tert-OH is 1. The number of fused-ring (bicyclic) bond motifs is 1. The summed E-state index contributed by atoms with van der Waals surface area (Å²) in [5.74, 6) is 0.740. The number of aliphatic hydroxyl groups is 1. The molecule has 21 heavy (non-hydrogen) atoms. The molecule has 0 aromatic carbocycles. The van der Waals surface area contributed by atoms with Crippen LogP contribution in [-0.2, 0) is 11.2 Å². The molecule has 0 saturated heterocycles. The number of rotatable bonds is 5. The molecular formula is C16H24N2O2S. The van der Waals surface area contributed by atoms with Gasteiger partial charge in [-0.3, -0.25) is 4.40 Å². The molecule has 2 heterocycles. The molecule has 1 saturated carbocycles. The van der Waals surface area contributed by atoms with Gasteiger partial charge in [0.25, 0.3) is 0 Å². The SMILES string of the molecule is CCOC1(C(O)Cc2cn3ccsc3n2)CCC(C)CC1. The number of imidazole rings is 1. The summed E-state index contributed by atoms with van der Waals surface area (Å²) in [6, 6.07) is 0. The predicted molar refractivity (Wildman–Crippen MR) is 84.8 cm³/mol. The standard InChI is InChI=1S/C16H24N2O2S/c1-3-20-16(6-4-12(2)5-7-16)14(19)10-13-11-18-8-9-21-15(18)17-13/h8-9,11-12,14,19H,3-7,10H2,1-2H3. The maximum Gasteiger partial charge on any atom is 0.193 e. The molecule has 4 nitrogen and oxygen atoms in total. The Hall–Kier alpha value is -0.910. The summed E-state index contributed by atoms with van der Waals surface area (Å²) < 4.78 is 8.04. The van der Waals surface area contributed by atoms with Crippen molar-refractivity contribution in [1.82, 2.24) is 9.38 Å². The summed E-state index contributed by atoms with van der Waals surface area (Å²) in [6.45, 7) is 4.95. The Morgan fingerprint density at radius 3 is 2.95 bits per heavy atom. The smallest absolute Gasteiger partial charge is 0.193 e. The molecule has 0 radical (unpaired) electrons. The zero-order valence-corrected chi connectivity index (χ0v) is 13.6. The third-order valence-electron chi connectivity index (χ3n) is 4.71. The second-order valence-corrected chi connectivity index (χ2v) is 7.10. The van der Waals surface area contributed by atoms with Crippen LogP contribution in [0, 0.1) is 5.92 Å². The van der Waals surface area contributed by atoms with E-state index in [-0.39, 0.29) is 5.60 Å². The molecule has 5 heteroatoms. The number of nitrogens with zero attached hydrogens (tertiary/aromatic N) is 2. The Balaban J connectivity index is 1.74. The van der Waals surface area contributed by atoms with Gasteiger partial charge in [-0.15, -0.1) is 11.3 Å². The van der Waals surface area contributed by atoms with Crippen LogP contribution in [0.25, 0.3) is 4.96 Å². The summed E-state index contributed by atoms with van der Waals surface area (Å²) in [5.41, 5.74) is 0.574. The van der Waals surface area contributed by atoms with Crippen LogP contribution in [0.3, 0.4) is 0 Å². The Kier molecular flexibility index (Phi) is 4.33. The molecule has 1 atom stereocenters. The van der Waals surface area contributed by atoms with E-state index in [0.29, 0.717) is 13.0 Å². The zero-order valence-electron chi connectivity index (χ0n) is 12.8. The highest BCUT2D eigenvalue weighted by atomic mass is 32.1. The molecule has 3 rings (SSSR count). The van der Waals surface area contributed by atoms with E-state index in [2.05, 4.69) is 11.9 Å². The first-order valence-corrected chi connectivity index (χ1v) is 8.74. The van der Waals surface area contributed by atoms with Gasteiger partial charge >= 0.3 is 0 Å². The summed E-state index contributed by atoms with van der Waals surface area (Å²) in [7, 11) is 0. The van der Waals surface area contributed by atoms with Crippen molar-refractivity contribution < 1.29 is 9.84 Å². The molecule has 1 N–H and O–H groups in total. The van der Waals surface area contributed by atoms with E-state index in [1.807, 2.05) is 29.1 Å². The minimum absolute atomic E-state index is 0.377. The van der Waals surface area contributed by atoms with Crippen molar-refractivity contribution in [2.75, 3.05) is 6.61 Å². The van der Waals surface area contributed by atoms with E-state index >= 15 is 0 Å². The van der Waals surface area contributed by atoms with Gasteiger partial charge in [-0.05, 0) is 38.5 Å². The van der Waals surface area contributed by atoms with Crippen molar-refractivity contribution in [2.24, 2.45) is 5.92 Å². The lowest BCUT2D eigenvalue weighted by Crippen LogP contribution is -2.48. The molecular weight excluding hydrogens is 284 g/mol. The van der Waals surface area contributed by atoms with Gasteiger partial charge in [0.2, 0.25) is 0 Å². The highest BCUT2D eigenvalue weighted by Crippen LogP contribution is 2.38. The first-order valence-electron chi connectivity index (χ1n) is 7.86. The van der Waals surface area contributed by atoms with Crippen LogP contribution in [0.2, 0.25) is 0 Å². The van der Waals surface area contributed by atoms with Gasteiger partial charge in [0, 0.05) is 30.8 Å². The molecule has 0 spiro atoms. The number of thiazole rings is 1. The number of ether oxygens (including phenoxy) is 1. The van der Waals surface area contributed by atoms with Crippen LogP contribution in [-0.4, -0.2) is 32.8 Å². The van der Waals surface area contributed by atoms with Crippen LogP contribution in [0.1, 0.15) is 45.2 Å². The molecule has 116 valence electrons. The van der Waals surface area contributed by atoms with Crippen LogP contribution >= 0.6 is 11.3 Å². The molecule has 0 bridgehead atoms. The van der Waals surface area contributed by atoms with Crippen molar-refractivity contribution in [3.05, 3.63) is 23.5 Å². The fourth-order valence-electron chi connectivity index (χ4n) is 3.37. The summed E-state index contributed by atoms with van der Waals surface area (Å²) >= 11 is 1.62. The quantitative estimate of drug-likeness (QED) is 0.922. The maximum absolute atomic E-state index is 10.8. The fourth-order valence-corrected chi connectivity index (χ4v) is 4.09. The average Bonchev–Trinajstić information content (AvgIpc) is 3.03. The Morgan fingerprint density at radius 1 is 1.52 bits per heavy atom. The van der Waals surface area contributed by atoms with Gasteiger partial charge in [0.15, 0.2) is 4.96 Å². The highest BCUT2D eigenvalue weighted by molar-refractivity contribution is 7.15. The Bertz CT molecular complexity index is 555. The van der Waals surface area contributed by atoms with E-state index in [9.17, 15) is 5.11 Å². The van der Waals surface area contributed by atoms with Crippen molar-refractivity contribution in [3.63, 3.8) is 0 Å². The molecule has 1 aliphatic rings. The first kappa shape index (κ1) is 15.0.